The number of ether oxygens (including phenoxy) is 1. The number of para-hydroxylation sites is 2. The number of hydrogen-bond donors (Lipinski definition) is 2. The van der Waals surface area contributed by atoms with Crippen molar-refractivity contribution in [1.29, 1.82) is 0 Å². The number of nitrogen functional groups attached to an aromatic ring is 1. The van der Waals surface area contributed by atoms with Crippen molar-refractivity contribution in [2.24, 2.45) is 0 Å². The lowest BCUT2D eigenvalue weighted by atomic mass is 10.3. The van der Waals surface area contributed by atoms with Crippen LogP contribution in [0.1, 0.15) is 0 Å². The summed E-state index contributed by atoms with van der Waals surface area (Å²) in [6.07, 6.45) is 0. The third kappa shape index (κ3) is 4.17. The summed E-state index contributed by atoms with van der Waals surface area (Å²) in [5.74, 6) is 0.00955. The van der Waals surface area contributed by atoms with E-state index >= 15 is 0 Å². The summed E-state index contributed by atoms with van der Waals surface area (Å²) in [6, 6.07) is 11.5. The molecule has 0 amide bonds. The minimum absolute atomic E-state index is 0.00289. The molecule has 21 heavy (non-hydrogen) atoms. The van der Waals surface area contributed by atoms with Crippen LogP contribution < -0.4 is 15.2 Å². The Bertz CT molecular complexity index is 702. The molecule has 0 saturated carbocycles. The number of rotatable bonds is 6. The normalized spacial score (nSPS) is 11.3. The zero-order valence-corrected chi connectivity index (χ0v) is 11.9. The fourth-order valence-electron chi connectivity index (χ4n) is 1.65. The molecule has 0 aliphatic heterocycles. The quantitative estimate of drug-likeness (QED) is 0.629. The minimum atomic E-state index is -3.67. The van der Waals surface area contributed by atoms with Crippen molar-refractivity contribution in [3.8, 4) is 5.75 Å². The Labute approximate surface area is 122 Å². The average molecular weight is 310 g/mol. The molecular formula is C14H15FN2O3S. The fourth-order valence-corrected chi connectivity index (χ4v) is 2.66. The molecule has 0 aliphatic carbocycles. The highest BCUT2D eigenvalue weighted by molar-refractivity contribution is 7.89. The van der Waals surface area contributed by atoms with E-state index in [1.807, 2.05) is 0 Å². The van der Waals surface area contributed by atoms with Gasteiger partial charge < -0.3 is 10.5 Å². The summed E-state index contributed by atoms with van der Waals surface area (Å²) >= 11 is 0. The van der Waals surface area contributed by atoms with Crippen LogP contribution in [-0.4, -0.2) is 21.6 Å². The Balaban J connectivity index is 1.88. The van der Waals surface area contributed by atoms with Crippen LogP contribution in [0.5, 0.6) is 5.75 Å². The topological polar surface area (TPSA) is 81.4 Å². The molecule has 5 nitrogen and oxygen atoms in total. The first kappa shape index (κ1) is 15.3. The van der Waals surface area contributed by atoms with Gasteiger partial charge in [-0.2, -0.15) is 0 Å². The highest BCUT2D eigenvalue weighted by Crippen LogP contribution is 2.19. The lowest BCUT2D eigenvalue weighted by molar-refractivity contribution is 0.324. The van der Waals surface area contributed by atoms with Crippen molar-refractivity contribution in [3.63, 3.8) is 0 Å². The van der Waals surface area contributed by atoms with E-state index in [1.54, 1.807) is 24.3 Å². The van der Waals surface area contributed by atoms with Crippen LogP contribution in [0.3, 0.4) is 0 Å². The van der Waals surface area contributed by atoms with Crippen molar-refractivity contribution >= 4 is 15.7 Å². The van der Waals surface area contributed by atoms with Gasteiger partial charge in [-0.25, -0.2) is 17.5 Å². The lowest BCUT2D eigenvalue weighted by Crippen LogP contribution is -2.28. The maximum absolute atomic E-state index is 12.8. The molecule has 7 heteroatoms. The molecule has 3 N–H and O–H groups in total. The van der Waals surface area contributed by atoms with E-state index in [-0.39, 0.29) is 18.0 Å². The second kappa shape index (κ2) is 6.55. The van der Waals surface area contributed by atoms with Crippen molar-refractivity contribution < 1.29 is 17.5 Å². The van der Waals surface area contributed by atoms with Gasteiger partial charge in [0.25, 0.3) is 0 Å². The molecule has 0 atom stereocenters. The number of benzene rings is 2. The second-order valence-electron chi connectivity index (χ2n) is 4.24. The van der Waals surface area contributed by atoms with Crippen LogP contribution in [0.4, 0.5) is 10.1 Å². The summed E-state index contributed by atoms with van der Waals surface area (Å²) in [7, 11) is -3.67. The van der Waals surface area contributed by atoms with Gasteiger partial charge in [0.1, 0.15) is 18.2 Å². The maximum atomic E-state index is 12.8. The molecule has 2 aromatic rings. The third-order valence-corrected chi connectivity index (χ3v) is 4.17. The molecule has 2 rings (SSSR count). The van der Waals surface area contributed by atoms with Crippen molar-refractivity contribution in [2.45, 2.75) is 4.90 Å². The van der Waals surface area contributed by atoms with Crippen molar-refractivity contribution in [1.82, 2.24) is 4.72 Å². The van der Waals surface area contributed by atoms with Gasteiger partial charge in [-0.3, -0.25) is 0 Å². The molecule has 0 bridgehead atoms. The van der Waals surface area contributed by atoms with Crippen molar-refractivity contribution in [3.05, 3.63) is 54.3 Å². The monoisotopic (exact) mass is 310 g/mol. The van der Waals surface area contributed by atoms with E-state index in [9.17, 15) is 12.8 Å². The zero-order valence-electron chi connectivity index (χ0n) is 11.1. The van der Waals surface area contributed by atoms with Gasteiger partial charge in [-0.15, -0.1) is 0 Å². The smallest absolute Gasteiger partial charge is 0.240 e. The number of sulfonamides is 1. The van der Waals surface area contributed by atoms with E-state index in [0.29, 0.717) is 11.4 Å². The van der Waals surface area contributed by atoms with E-state index in [4.69, 9.17) is 10.5 Å². The van der Waals surface area contributed by atoms with Crippen molar-refractivity contribution in [2.75, 3.05) is 18.9 Å². The van der Waals surface area contributed by atoms with Crippen LogP contribution in [0.15, 0.2) is 53.4 Å². The van der Waals surface area contributed by atoms with E-state index in [1.165, 1.54) is 12.1 Å². The predicted octanol–water partition coefficient (Wildman–Crippen LogP) is 1.77. The van der Waals surface area contributed by atoms with Crippen LogP contribution in [0.25, 0.3) is 0 Å². The second-order valence-corrected chi connectivity index (χ2v) is 6.00. The number of halogens is 1. The third-order valence-electron chi connectivity index (χ3n) is 2.69. The number of nitrogens with two attached hydrogens (primary N) is 1. The molecular weight excluding hydrogens is 295 g/mol. The summed E-state index contributed by atoms with van der Waals surface area (Å²) in [5, 5.41) is 0. The molecule has 0 aliphatic rings. The molecule has 0 fully saturated rings. The SMILES string of the molecule is Nc1ccccc1OCCNS(=O)(=O)c1ccc(F)cc1. The molecule has 0 aromatic heterocycles. The molecule has 0 spiro atoms. The molecule has 0 heterocycles. The molecule has 112 valence electrons. The van der Waals surface area contributed by atoms with Gasteiger partial charge in [0.2, 0.25) is 10.0 Å². The predicted molar refractivity (Wildman–Crippen MR) is 77.9 cm³/mol. The fraction of sp³-hybridized carbons (Fsp3) is 0.143. The highest BCUT2D eigenvalue weighted by atomic mass is 32.2. The summed E-state index contributed by atoms with van der Waals surface area (Å²) in [5.41, 5.74) is 6.18. The first-order chi connectivity index (χ1) is 9.99. The Morgan fingerprint density at radius 1 is 1.10 bits per heavy atom. The highest BCUT2D eigenvalue weighted by Gasteiger charge is 2.13. The Kier molecular flexibility index (Phi) is 4.77. The van der Waals surface area contributed by atoms with Gasteiger partial charge in [0.05, 0.1) is 10.6 Å². The van der Waals surface area contributed by atoms with Crippen LogP contribution in [-0.2, 0) is 10.0 Å². The molecule has 0 saturated heterocycles. The molecule has 0 radical (unpaired) electrons. The van der Waals surface area contributed by atoms with E-state index < -0.39 is 15.8 Å². The standard InChI is InChI=1S/C14H15FN2O3S/c15-11-5-7-12(8-6-11)21(18,19)17-9-10-20-14-4-2-1-3-13(14)16/h1-8,17H,9-10,16H2. The summed E-state index contributed by atoms with van der Waals surface area (Å²) in [6.45, 7) is 0.211. The van der Waals surface area contributed by atoms with Crippen LogP contribution >= 0.6 is 0 Å². The number of anilines is 1. The first-order valence-corrected chi connectivity index (χ1v) is 7.70. The lowest BCUT2D eigenvalue weighted by Gasteiger charge is -2.10. The largest absolute Gasteiger partial charge is 0.490 e. The van der Waals surface area contributed by atoms with Crippen LogP contribution in [0, 0.1) is 5.82 Å². The average Bonchev–Trinajstić information content (AvgIpc) is 2.46. The van der Waals surface area contributed by atoms with Gasteiger partial charge in [-0.05, 0) is 36.4 Å². The summed E-state index contributed by atoms with van der Waals surface area (Å²) < 4.78 is 44.3. The number of hydrogen-bond acceptors (Lipinski definition) is 4. The van der Waals surface area contributed by atoms with Gasteiger partial charge in [0, 0.05) is 6.54 Å². The molecule has 0 unspecified atom stereocenters. The van der Waals surface area contributed by atoms with Gasteiger partial charge in [-0.1, -0.05) is 12.1 Å². The van der Waals surface area contributed by atoms with Gasteiger partial charge >= 0.3 is 0 Å². The maximum Gasteiger partial charge on any atom is 0.240 e. The zero-order chi connectivity index (χ0) is 15.3. The van der Waals surface area contributed by atoms with E-state index in [2.05, 4.69) is 4.72 Å². The molecule has 2 aromatic carbocycles. The van der Waals surface area contributed by atoms with Gasteiger partial charge in [0.15, 0.2) is 0 Å². The van der Waals surface area contributed by atoms with Crippen LogP contribution in [0.2, 0.25) is 0 Å². The first-order valence-electron chi connectivity index (χ1n) is 6.21. The van der Waals surface area contributed by atoms with E-state index in [0.717, 1.165) is 12.1 Å². The Hall–Kier alpha value is -2.12. The Morgan fingerprint density at radius 3 is 2.43 bits per heavy atom. The summed E-state index contributed by atoms with van der Waals surface area (Å²) in [4.78, 5) is 0.00289. The Morgan fingerprint density at radius 2 is 1.76 bits per heavy atom. The minimum Gasteiger partial charge on any atom is -0.490 e. The number of nitrogens with one attached hydrogen (secondary N) is 1.